The summed E-state index contributed by atoms with van der Waals surface area (Å²) in [4.78, 5) is 45.5. The maximum absolute atomic E-state index is 14.4. The maximum Gasteiger partial charge on any atom is 0.231 e. The number of nitrogens with one attached hydrogen (secondary N) is 2. The van der Waals surface area contributed by atoms with Gasteiger partial charge in [-0.25, -0.2) is 0 Å². The van der Waals surface area contributed by atoms with Crippen molar-refractivity contribution < 1.29 is 53.0 Å². The number of rotatable bonds is 12. The summed E-state index contributed by atoms with van der Waals surface area (Å²) in [6.45, 7) is 1.85. The minimum absolute atomic E-state index is 0.00641. The normalized spacial score (nSPS) is 18.6. The van der Waals surface area contributed by atoms with Crippen LogP contribution in [0.1, 0.15) is 47.2 Å². The highest BCUT2D eigenvalue weighted by atomic mass is 35.5. The molecule has 0 fully saturated rings. The average molecular weight is 735 g/mol. The molecule has 1 aromatic heterocycles. The van der Waals surface area contributed by atoms with Crippen molar-refractivity contribution in [1.82, 2.24) is 10.3 Å². The number of ketones is 2. The van der Waals surface area contributed by atoms with Gasteiger partial charge in [-0.1, -0.05) is 18.5 Å². The molecule has 1 aliphatic carbocycles. The molecule has 4 N–H and O–H groups in total. The molecule has 3 aromatic carbocycles. The van der Waals surface area contributed by atoms with Gasteiger partial charge in [0.05, 0.1) is 35.5 Å². The summed E-state index contributed by atoms with van der Waals surface area (Å²) in [5.41, 5.74) is -0.160. The molecule has 0 radical (unpaired) electrons. The lowest BCUT2D eigenvalue weighted by Gasteiger charge is -2.38. The second-order valence-corrected chi connectivity index (χ2v) is 13.0. The zero-order valence-corrected chi connectivity index (χ0v) is 30.2. The number of fused-ring (bicyclic) bond motifs is 2. The Hall–Kier alpha value is -5.56. The molecule has 1 spiro atoms. The first-order valence-corrected chi connectivity index (χ1v) is 16.8. The van der Waals surface area contributed by atoms with E-state index in [-0.39, 0.29) is 75.8 Å². The van der Waals surface area contributed by atoms with Crippen LogP contribution in [0.5, 0.6) is 40.2 Å². The first-order chi connectivity index (χ1) is 24.9. The van der Waals surface area contributed by atoms with E-state index < -0.39 is 40.7 Å². The Morgan fingerprint density at radius 2 is 1.65 bits per heavy atom. The van der Waals surface area contributed by atoms with Gasteiger partial charge in [-0.15, -0.1) is 0 Å². The topological polar surface area (TPSA) is 175 Å². The zero-order chi connectivity index (χ0) is 37.5. The number of ether oxygens (including phenoxy) is 6. The molecule has 1 amide bonds. The number of aromatic hydroxyl groups is 1. The summed E-state index contributed by atoms with van der Waals surface area (Å²) in [5.74, 6) is -3.04. The Kier molecular flexibility index (Phi) is 9.91. The number of carbonyl (C=O) groups excluding carboxylic acids is 3. The molecule has 0 saturated carbocycles. The molecule has 0 bridgehead atoms. The van der Waals surface area contributed by atoms with E-state index in [0.717, 1.165) is 16.5 Å². The molecule has 4 aromatic rings. The third-order valence-electron chi connectivity index (χ3n) is 9.81. The fraction of sp³-hybridized carbons (Fsp3) is 0.342. The van der Waals surface area contributed by atoms with Gasteiger partial charge in [0.1, 0.15) is 27.8 Å². The van der Waals surface area contributed by atoms with Gasteiger partial charge in [-0.05, 0) is 47.9 Å². The van der Waals surface area contributed by atoms with Crippen LogP contribution in [-0.2, 0) is 16.0 Å². The Labute approximate surface area is 304 Å². The van der Waals surface area contributed by atoms with Crippen molar-refractivity contribution in [1.29, 1.82) is 0 Å². The Morgan fingerprint density at radius 3 is 2.29 bits per heavy atom. The number of phenols is 1. The van der Waals surface area contributed by atoms with Crippen LogP contribution in [0.15, 0.2) is 53.9 Å². The van der Waals surface area contributed by atoms with Crippen molar-refractivity contribution in [2.75, 3.05) is 42.1 Å². The highest BCUT2D eigenvalue weighted by molar-refractivity contribution is 6.35. The molecule has 6 rings (SSSR count). The van der Waals surface area contributed by atoms with Gasteiger partial charge in [0.15, 0.2) is 28.8 Å². The van der Waals surface area contributed by atoms with E-state index in [0.29, 0.717) is 12.0 Å². The Bertz CT molecular complexity index is 2100. The quantitative estimate of drug-likeness (QED) is 0.138. The number of hydrogen-bond acceptors (Lipinski definition) is 11. The number of carbonyl (C=O) groups is 3. The highest BCUT2D eigenvalue weighted by Gasteiger charge is 2.61. The van der Waals surface area contributed by atoms with Gasteiger partial charge in [-0.2, -0.15) is 0 Å². The zero-order valence-electron chi connectivity index (χ0n) is 29.5. The van der Waals surface area contributed by atoms with Gasteiger partial charge in [0.2, 0.25) is 23.0 Å². The number of halogens is 1. The predicted molar refractivity (Wildman–Crippen MR) is 191 cm³/mol. The minimum Gasteiger partial charge on any atom is -0.508 e. The number of amides is 1. The fourth-order valence-corrected chi connectivity index (χ4v) is 7.46. The van der Waals surface area contributed by atoms with Gasteiger partial charge in [-0.3, -0.25) is 14.4 Å². The second-order valence-electron chi connectivity index (χ2n) is 12.6. The first-order valence-electron chi connectivity index (χ1n) is 16.4. The van der Waals surface area contributed by atoms with E-state index in [1.165, 1.54) is 41.6 Å². The second kappa shape index (κ2) is 14.2. The van der Waals surface area contributed by atoms with Crippen molar-refractivity contribution in [3.8, 4) is 40.2 Å². The van der Waals surface area contributed by atoms with Gasteiger partial charge in [0, 0.05) is 60.0 Å². The Morgan fingerprint density at radius 1 is 0.981 bits per heavy atom. The number of allylic oxidation sites excluding steroid dienone is 1. The van der Waals surface area contributed by atoms with Crippen molar-refractivity contribution in [3.05, 3.63) is 75.6 Å². The lowest BCUT2D eigenvalue weighted by atomic mass is 9.69. The number of aromatic nitrogens is 1. The predicted octanol–water partition coefficient (Wildman–Crippen LogP) is 5.84. The fourth-order valence-electron chi connectivity index (χ4n) is 7.19. The molecule has 13 nitrogen and oxygen atoms in total. The molecular formula is C38H39ClN2O11. The molecule has 0 saturated heterocycles. The number of Topliss-reactive ketones (excluding diaryl/α,β-unsaturated/α-hetero) is 2. The lowest BCUT2D eigenvalue weighted by Crippen LogP contribution is -2.53. The summed E-state index contributed by atoms with van der Waals surface area (Å²) in [5, 5.41) is 26.0. The van der Waals surface area contributed by atoms with E-state index in [1.54, 1.807) is 37.3 Å². The van der Waals surface area contributed by atoms with Crippen LogP contribution < -0.4 is 33.7 Å². The molecule has 52 heavy (non-hydrogen) atoms. The van der Waals surface area contributed by atoms with Crippen molar-refractivity contribution in [2.24, 2.45) is 5.92 Å². The van der Waals surface area contributed by atoms with Gasteiger partial charge < -0.3 is 48.9 Å². The minimum atomic E-state index is -2.06. The summed E-state index contributed by atoms with van der Waals surface area (Å²) in [7, 11) is 7.08. The van der Waals surface area contributed by atoms with Crippen LogP contribution in [0.4, 0.5) is 0 Å². The monoisotopic (exact) mass is 734 g/mol. The van der Waals surface area contributed by atoms with Gasteiger partial charge in [0.25, 0.3) is 0 Å². The highest BCUT2D eigenvalue weighted by Crippen LogP contribution is 2.56. The molecule has 3 atom stereocenters. The van der Waals surface area contributed by atoms with Crippen molar-refractivity contribution in [2.45, 2.75) is 37.7 Å². The van der Waals surface area contributed by atoms with Crippen LogP contribution in [0.3, 0.4) is 0 Å². The number of hydrogen-bond donors (Lipinski definition) is 4. The average Bonchev–Trinajstić information content (AvgIpc) is 3.68. The van der Waals surface area contributed by atoms with E-state index in [2.05, 4.69) is 10.3 Å². The summed E-state index contributed by atoms with van der Waals surface area (Å²) in [6, 6.07) is 9.62. The molecule has 1 aliphatic heterocycles. The summed E-state index contributed by atoms with van der Waals surface area (Å²) >= 11 is 6.63. The third kappa shape index (κ3) is 5.88. The SMILES string of the molecule is COc1cc(OC)c2c(c1Cl)OC1(C2=O)C(O)=C(C(CC(=O)NCCc2c[nH]c3ccc(O)cc23)c2cc(OC)c(OC)c(OC)c2)C(=O)CC1C. The van der Waals surface area contributed by atoms with E-state index >= 15 is 0 Å². The van der Waals surface area contributed by atoms with Crippen LogP contribution in [0.25, 0.3) is 10.9 Å². The van der Waals surface area contributed by atoms with Crippen LogP contribution >= 0.6 is 11.6 Å². The van der Waals surface area contributed by atoms with E-state index in [9.17, 15) is 24.6 Å². The smallest absolute Gasteiger partial charge is 0.231 e. The van der Waals surface area contributed by atoms with Crippen molar-refractivity contribution >= 4 is 40.0 Å². The number of methoxy groups -OCH3 is 5. The first kappa shape index (κ1) is 36.2. The molecular weight excluding hydrogens is 696 g/mol. The number of phenolic OH excluding ortho intramolecular Hbond substituents is 1. The summed E-state index contributed by atoms with van der Waals surface area (Å²) in [6.07, 6.45) is 1.73. The van der Waals surface area contributed by atoms with E-state index in [4.69, 9.17) is 40.0 Å². The molecule has 2 heterocycles. The number of aliphatic hydroxyl groups is 1. The van der Waals surface area contributed by atoms with Gasteiger partial charge >= 0.3 is 0 Å². The maximum atomic E-state index is 14.4. The third-order valence-corrected chi connectivity index (χ3v) is 10.2. The number of aromatic amines is 1. The number of H-pyrrole nitrogens is 1. The van der Waals surface area contributed by atoms with Crippen LogP contribution in [0, 0.1) is 5.92 Å². The molecule has 14 heteroatoms. The molecule has 3 unspecified atom stereocenters. The summed E-state index contributed by atoms with van der Waals surface area (Å²) < 4.78 is 33.9. The molecule has 2 aliphatic rings. The molecule has 274 valence electrons. The largest absolute Gasteiger partial charge is 0.508 e. The van der Waals surface area contributed by atoms with E-state index in [1.807, 2.05) is 6.20 Å². The Balaban J connectivity index is 1.43. The van der Waals surface area contributed by atoms with Crippen LogP contribution in [-0.4, -0.2) is 80.4 Å². The van der Waals surface area contributed by atoms with Crippen molar-refractivity contribution in [3.63, 3.8) is 0 Å². The standard InChI is InChI=1S/C38H39ClN2O11/c1-18-11-25(43)31(36(45)38(18)37(46)32-26(47-2)16-27(48-3)33(39)35(32)52-38)23(20-12-28(49-4)34(51-6)29(13-20)50-5)15-30(44)40-10-9-19-17-41-24-8-7-21(42)14-22(19)24/h7-8,12-14,16-18,23,41-42,45H,9-11,15H2,1-6H3,(H,40,44). The number of aliphatic hydroxyl groups excluding tert-OH is 1. The number of benzene rings is 3. The lowest BCUT2D eigenvalue weighted by molar-refractivity contribution is -0.121. The van der Waals surface area contributed by atoms with Crippen LogP contribution in [0.2, 0.25) is 5.02 Å².